The summed E-state index contributed by atoms with van der Waals surface area (Å²) in [5, 5.41) is 8.73. The zero-order valence-corrected chi connectivity index (χ0v) is 8.86. The maximum Gasteiger partial charge on any atom is 0.0949 e. The molecule has 0 aliphatic carbocycles. The van der Waals surface area contributed by atoms with Gasteiger partial charge in [-0.25, -0.2) is 0 Å². The van der Waals surface area contributed by atoms with Crippen molar-refractivity contribution in [1.82, 2.24) is 9.88 Å². The smallest absolute Gasteiger partial charge is 0.0949 e. The molecule has 3 heteroatoms. The van der Waals surface area contributed by atoms with Crippen LogP contribution in [0.2, 0.25) is 0 Å². The second-order valence-corrected chi connectivity index (χ2v) is 3.59. The molecule has 0 saturated heterocycles. The highest BCUT2D eigenvalue weighted by molar-refractivity contribution is 5.16. The molecule has 1 unspecified atom stereocenters. The normalized spacial score (nSPS) is 12.5. The Hall–Kier alpha value is -1.40. The van der Waals surface area contributed by atoms with Crippen LogP contribution in [-0.2, 0) is 6.54 Å². The zero-order chi connectivity index (χ0) is 10.6. The third kappa shape index (κ3) is 2.82. The van der Waals surface area contributed by atoms with E-state index in [9.17, 15) is 0 Å². The molecule has 0 aromatic carbocycles. The van der Waals surface area contributed by atoms with Crippen LogP contribution in [0.5, 0.6) is 0 Å². The number of aromatic nitrogens is 1. The summed E-state index contributed by atoms with van der Waals surface area (Å²) in [6.45, 7) is 4.68. The van der Waals surface area contributed by atoms with Gasteiger partial charge in [-0.05, 0) is 32.0 Å². The number of pyridine rings is 1. The molecule has 3 nitrogen and oxygen atoms in total. The second kappa shape index (κ2) is 4.73. The van der Waals surface area contributed by atoms with Gasteiger partial charge in [-0.1, -0.05) is 6.07 Å². The predicted octanol–water partition coefficient (Wildman–Crippen LogP) is 1.73. The molecule has 0 fully saturated rings. The molecule has 1 heterocycles. The van der Waals surface area contributed by atoms with Gasteiger partial charge < -0.3 is 0 Å². The van der Waals surface area contributed by atoms with Crippen LogP contribution in [0.15, 0.2) is 18.5 Å². The number of hydrogen-bond acceptors (Lipinski definition) is 3. The lowest BCUT2D eigenvalue weighted by molar-refractivity contribution is 0.294. The molecular weight excluding hydrogens is 174 g/mol. The molecule has 0 aliphatic heterocycles. The largest absolute Gasteiger partial charge is 0.287 e. The third-order valence-corrected chi connectivity index (χ3v) is 2.21. The van der Waals surface area contributed by atoms with Crippen molar-refractivity contribution in [1.29, 1.82) is 5.26 Å². The van der Waals surface area contributed by atoms with Crippen LogP contribution in [0.4, 0.5) is 0 Å². The Bertz CT molecular complexity index is 341. The molecule has 1 atom stereocenters. The standard InChI is InChI=1S/C11H15N3/c1-9-4-11(7-13-6-9)8-14(3)10(2)5-12/h4,6-7,10H,8H2,1-3H3. The van der Waals surface area contributed by atoms with Gasteiger partial charge in [-0.15, -0.1) is 0 Å². The fraction of sp³-hybridized carbons (Fsp3) is 0.455. The van der Waals surface area contributed by atoms with Crippen molar-refractivity contribution >= 4 is 0 Å². The van der Waals surface area contributed by atoms with E-state index in [0.29, 0.717) is 0 Å². The molecular formula is C11H15N3. The minimum atomic E-state index is -0.0597. The van der Waals surface area contributed by atoms with E-state index in [1.165, 1.54) is 0 Å². The summed E-state index contributed by atoms with van der Waals surface area (Å²) in [5.74, 6) is 0. The fourth-order valence-electron chi connectivity index (χ4n) is 1.23. The van der Waals surface area contributed by atoms with Crippen LogP contribution in [0.1, 0.15) is 18.1 Å². The minimum Gasteiger partial charge on any atom is -0.287 e. The highest BCUT2D eigenvalue weighted by Gasteiger charge is 2.07. The quantitative estimate of drug-likeness (QED) is 0.727. The Balaban J connectivity index is 2.65. The Kier molecular flexibility index (Phi) is 3.61. The summed E-state index contributed by atoms with van der Waals surface area (Å²) in [5.41, 5.74) is 2.30. The van der Waals surface area contributed by atoms with Crippen LogP contribution in [-0.4, -0.2) is 23.0 Å². The summed E-state index contributed by atoms with van der Waals surface area (Å²) < 4.78 is 0. The second-order valence-electron chi connectivity index (χ2n) is 3.59. The molecule has 0 N–H and O–H groups in total. The van der Waals surface area contributed by atoms with Gasteiger partial charge in [-0.3, -0.25) is 9.88 Å². The van der Waals surface area contributed by atoms with Crippen molar-refractivity contribution in [3.63, 3.8) is 0 Å². The molecule has 0 radical (unpaired) electrons. The van der Waals surface area contributed by atoms with E-state index in [1.807, 2.05) is 38.2 Å². The number of rotatable bonds is 3. The highest BCUT2D eigenvalue weighted by atomic mass is 15.1. The molecule has 0 bridgehead atoms. The lowest BCUT2D eigenvalue weighted by Crippen LogP contribution is -2.27. The van der Waals surface area contributed by atoms with Crippen LogP contribution in [0.25, 0.3) is 0 Å². The summed E-state index contributed by atoms with van der Waals surface area (Å²) in [7, 11) is 1.94. The molecule has 74 valence electrons. The highest BCUT2D eigenvalue weighted by Crippen LogP contribution is 2.06. The van der Waals surface area contributed by atoms with Crippen LogP contribution >= 0.6 is 0 Å². The summed E-state index contributed by atoms with van der Waals surface area (Å²) in [6, 6.07) is 4.24. The Morgan fingerprint density at radius 3 is 2.86 bits per heavy atom. The predicted molar refractivity (Wildman–Crippen MR) is 55.5 cm³/mol. The van der Waals surface area contributed by atoms with E-state index in [4.69, 9.17) is 5.26 Å². The van der Waals surface area contributed by atoms with E-state index in [2.05, 4.69) is 17.1 Å². The fourth-order valence-corrected chi connectivity index (χ4v) is 1.23. The minimum absolute atomic E-state index is 0.0597. The van der Waals surface area contributed by atoms with Gasteiger partial charge in [0.05, 0.1) is 12.1 Å². The Morgan fingerprint density at radius 1 is 1.57 bits per heavy atom. The van der Waals surface area contributed by atoms with Gasteiger partial charge in [0.1, 0.15) is 0 Å². The van der Waals surface area contributed by atoms with Gasteiger partial charge in [-0.2, -0.15) is 5.26 Å². The zero-order valence-electron chi connectivity index (χ0n) is 8.86. The van der Waals surface area contributed by atoms with E-state index in [1.54, 1.807) is 0 Å². The van der Waals surface area contributed by atoms with Gasteiger partial charge in [0.2, 0.25) is 0 Å². The number of aryl methyl sites for hydroxylation is 1. The lowest BCUT2D eigenvalue weighted by atomic mass is 10.2. The maximum atomic E-state index is 8.73. The molecule has 0 saturated carbocycles. The summed E-state index contributed by atoms with van der Waals surface area (Å²) >= 11 is 0. The summed E-state index contributed by atoms with van der Waals surface area (Å²) in [4.78, 5) is 6.11. The van der Waals surface area contributed by atoms with Crippen LogP contribution in [0, 0.1) is 18.3 Å². The first-order valence-electron chi connectivity index (χ1n) is 4.64. The SMILES string of the molecule is Cc1cncc(CN(C)C(C)C#N)c1. The number of nitriles is 1. The van der Waals surface area contributed by atoms with Crippen molar-refractivity contribution in [2.75, 3.05) is 7.05 Å². The topological polar surface area (TPSA) is 39.9 Å². The van der Waals surface area contributed by atoms with Crippen molar-refractivity contribution in [3.05, 3.63) is 29.6 Å². The monoisotopic (exact) mass is 189 g/mol. The van der Waals surface area contributed by atoms with E-state index >= 15 is 0 Å². The average molecular weight is 189 g/mol. The van der Waals surface area contributed by atoms with Crippen LogP contribution in [0.3, 0.4) is 0 Å². The first-order valence-corrected chi connectivity index (χ1v) is 4.64. The maximum absolute atomic E-state index is 8.73. The number of nitrogens with zero attached hydrogens (tertiary/aromatic N) is 3. The van der Waals surface area contributed by atoms with Gasteiger partial charge in [0.25, 0.3) is 0 Å². The molecule has 1 aromatic rings. The molecule has 0 aliphatic rings. The van der Waals surface area contributed by atoms with E-state index in [0.717, 1.165) is 17.7 Å². The number of hydrogen-bond donors (Lipinski definition) is 0. The van der Waals surface area contributed by atoms with Gasteiger partial charge >= 0.3 is 0 Å². The third-order valence-electron chi connectivity index (χ3n) is 2.21. The molecule has 14 heavy (non-hydrogen) atoms. The molecule has 1 aromatic heterocycles. The average Bonchev–Trinajstić information content (AvgIpc) is 2.16. The molecule has 0 amide bonds. The first kappa shape index (κ1) is 10.7. The lowest BCUT2D eigenvalue weighted by Gasteiger charge is -2.18. The van der Waals surface area contributed by atoms with Crippen molar-refractivity contribution in [2.24, 2.45) is 0 Å². The van der Waals surface area contributed by atoms with Gasteiger partial charge in [0.15, 0.2) is 0 Å². The molecule has 1 rings (SSSR count). The summed E-state index contributed by atoms with van der Waals surface area (Å²) in [6.07, 6.45) is 3.67. The van der Waals surface area contributed by atoms with E-state index < -0.39 is 0 Å². The first-order chi connectivity index (χ1) is 6.63. The van der Waals surface area contributed by atoms with Crippen molar-refractivity contribution < 1.29 is 0 Å². The molecule has 0 spiro atoms. The van der Waals surface area contributed by atoms with Crippen LogP contribution < -0.4 is 0 Å². The van der Waals surface area contributed by atoms with E-state index in [-0.39, 0.29) is 6.04 Å². The Labute approximate surface area is 85.0 Å². The van der Waals surface area contributed by atoms with Crippen molar-refractivity contribution in [3.8, 4) is 6.07 Å². The Morgan fingerprint density at radius 2 is 2.29 bits per heavy atom. The van der Waals surface area contributed by atoms with Crippen molar-refractivity contribution in [2.45, 2.75) is 26.4 Å². The van der Waals surface area contributed by atoms with Gasteiger partial charge in [0, 0.05) is 18.9 Å².